The fourth-order valence-corrected chi connectivity index (χ4v) is 7.33. The Labute approximate surface area is 463 Å². The van der Waals surface area contributed by atoms with E-state index in [1.807, 2.05) is 27.2 Å². The maximum atomic E-state index is 12.8. The Morgan fingerprint density at radius 1 is 0.408 bits per heavy atom. The summed E-state index contributed by atoms with van der Waals surface area (Å²) in [5, 5.41) is 0. The van der Waals surface area contributed by atoms with Gasteiger partial charge in [-0.05, 0) is 128 Å². The van der Waals surface area contributed by atoms with Gasteiger partial charge in [0.05, 0.1) is 27.7 Å². The van der Waals surface area contributed by atoms with Crippen LogP contribution in [0.5, 0.6) is 0 Å². The molecule has 0 aliphatic heterocycles. The lowest BCUT2D eigenvalue weighted by Gasteiger charge is -2.28. The van der Waals surface area contributed by atoms with Gasteiger partial charge in [-0.15, -0.1) is 0 Å². The molecule has 9 nitrogen and oxygen atoms in total. The molecule has 10 heteroatoms. The molecular weight excluding hydrogens is 966 g/mol. The number of likely N-dealkylation sites (N-methyl/N-ethyl adjacent to an activating group) is 1. The maximum absolute atomic E-state index is 12.8. The van der Waals surface area contributed by atoms with Gasteiger partial charge in [-0.25, -0.2) is 0 Å². The van der Waals surface area contributed by atoms with Gasteiger partial charge in [0.25, 0.3) is 7.82 Å². The molecule has 0 heterocycles. The smallest absolute Gasteiger partial charge is 0.306 e. The number of nitrogens with zero attached hydrogens (tertiary/aromatic N) is 1. The second-order valence-electron chi connectivity index (χ2n) is 19.2. The summed E-state index contributed by atoms with van der Waals surface area (Å²) in [6.07, 6.45) is 85.1. The average Bonchev–Trinajstić information content (AvgIpc) is 3.38. The molecule has 0 N–H and O–H groups in total. The molecule has 0 rings (SSSR count). The first kappa shape index (κ1) is 71.1. The van der Waals surface area contributed by atoms with Crippen molar-refractivity contribution in [3.05, 3.63) is 182 Å². The van der Waals surface area contributed by atoms with Gasteiger partial charge in [-0.1, -0.05) is 209 Å². The van der Waals surface area contributed by atoms with Crippen LogP contribution < -0.4 is 4.89 Å². The standard InChI is InChI=1S/C66H102NO8P/c1-6-8-10-12-14-16-18-20-22-24-26-28-30-31-32-33-34-35-37-39-41-43-45-47-49-51-53-55-57-59-66(69)75-64(63-74-76(70,71)73-61-60-67(3,4)5)62-72-65(68)58-56-54-52-50-48-46-44-42-40-38-36-29-27-25-23-21-19-17-15-13-11-9-7-2/h8-11,14-17,20-23,26-29,31-32,34-35,38-41,44-47,50,52,64H,6-7,12-13,18-19,24-25,30,33,36-37,42-43,48-49,51,53-63H2,1-5H3/b10-8-,11-9-,16-14-,17-15-,22-20-,23-21-,28-26-,29-27-,32-31-,35-34-,40-38-,41-39-,46-44-,47-45-,52-50-. The number of hydrogen-bond acceptors (Lipinski definition) is 8. The number of carbonyl (C=O) groups excluding carboxylic acids is 2. The Morgan fingerprint density at radius 2 is 0.724 bits per heavy atom. The monoisotopic (exact) mass is 1070 g/mol. The molecule has 0 aromatic rings. The Bertz CT molecular complexity index is 1930. The Kier molecular flexibility index (Phi) is 51.4. The maximum Gasteiger partial charge on any atom is 0.306 e. The van der Waals surface area contributed by atoms with E-state index in [-0.39, 0.29) is 26.1 Å². The molecule has 76 heavy (non-hydrogen) atoms. The summed E-state index contributed by atoms with van der Waals surface area (Å²) in [7, 11) is 1.08. The number of phosphoric ester groups is 1. The minimum atomic E-state index is -4.67. The van der Waals surface area contributed by atoms with Crippen molar-refractivity contribution in [1.82, 2.24) is 0 Å². The Morgan fingerprint density at radius 3 is 1.08 bits per heavy atom. The van der Waals surface area contributed by atoms with Crippen molar-refractivity contribution in [2.45, 2.75) is 174 Å². The van der Waals surface area contributed by atoms with Gasteiger partial charge >= 0.3 is 11.9 Å². The van der Waals surface area contributed by atoms with Crippen LogP contribution in [-0.4, -0.2) is 70.0 Å². The lowest BCUT2D eigenvalue weighted by molar-refractivity contribution is -0.870. The van der Waals surface area contributed by atoms with Gasteiger partial charge in [-0.2, -0.15) is 0 Å². The number of allylic oxidation sites excluding steroid dienone is 30. The molecule has 0 bridgehead atoms. The SMILES string of the molecule is CC/C=C\C/C=C\C/C=C\C/C=C\C/C=C\C/C=C\C/C=C\C/C=C\CCCCCCC(=O)OC(COC(=O)CCC/C=C\C/C=C\C/C=C\C/C=C\C/C=C\C/C=C\C/C=C\CC)COP(=O)([O-])OCC[N+](C)(C)C. The quantitative estimate of drug-likeness (QED) is 0.0195. The molecule has 0 saturated heterocycles. The third-order valence-electron chi connectivity index (χ3n) is 10.9. The molecule has 0 aromatic heterocycles. The van der Waals surface area contributed by atoms with Crippen molar-refractivity contribution in [2.75, 3.05) is 47.5 Å². The van der Waals surface area contributed by atoms with Crippen LogP contribution in [0.2, 0.25) is 0 Å². The molecule has 0 aliphatic carbocycles. The van der Waals surface area contributed by atoms with E-state index in [0.717, 1.165) is 122 Å². The summed E-state index contributed by atoms with van der Waals surface area (Å²) in [6, 6.07) is 0. The predicted octanol–water partition coefficient (Wildman–Crippen LogP) is 17.4. The van der Waals surface area contributed by atoms with E-state index < -0.39 is 32.5 Å². The van der Waals surface area contributed by atoms with E-state index in [1.54, 1.807) is 0 Å². The fraction of sp³-hybridized carbons (Fsp3) is 0.515. The summed E-state index contributed by atoms with van der Waals surface area (Å²) in [6.45, 7) is 3.87. The molecule has 0 aromatic carbocycles. The van der Waals surface area contributed by atoms with E-state index in [4.69, 9.17) is 18.5 Å². The van der Waals surface area contributed by atoms with Crippen LogP contribution in [0.4, 0.5) is 0 Å². The van der Waals surface area contributed by atoms with Crippen molar-refractivity contribution in [2.24, 2.45) is 0 Å². The lowest BCUT2D eigenvalue weighted by atomic mass is 10.1. The van der Waals surface area contributed by atoms with Crippen molar-refractivity contribution in [3.8, 4) is 0 Å². The first-order valence-corrected chi connectivity index (χ1v) is 30.0. The second kappa shape index (κ2) is 54.9. The van der Waals surface area contributed by atoms with Crippen LogP contribution in [0.3, 0.4) is 0 Å². The number of ether oxygens (including phenoxy) is 2. The first-order valence-electron chi connectivity index (χ1n) is 28.5. The zero-order valence-corrected chi connectivity index (χ0v) is 48.8. The largest absolute Gasteiger partial charge is 0.756 e. The number of rotatable bonds is 49. The van der Waals surface area contributed by atoms with Crippen molar-refractivity contribution >= 4 is 19.8 Å². The predicted molar refractivity (Wildman–Crippen MR) is 323 cm³/mol. The van der Waals surface area contributed by atoms with Crippen LogP contribution in [0.1, 0.15) is 168 Å². The summed E-state index contributed by atoms with van der Waals surface area (Å²) < 4.78 is 34.0. The minimum absolute atomic E-state index is 0.0574. The first-order chi connectivity index (χ1) is 37.0. The molecular formula is C66H102NO8P. The van der Waals surface area contributed by atoms with Crippen LogP contribution >= 0.6 is 7.82 Å². The number of unbranched alkanes of at least 4 members (excludes halogenated alkanes) is 5. The van der Waals surface area contributed by atoms with E-state index in [2.05, 4.69) is 190 Å². The van der Waals surface area contributed by atoms with Gasteiger partial charge in [0.2, 0.25) is 0 Å². The summed E-state index contributed by atoms with van der Waals surface area (Å²) in [5.41, 5.74) is 0. The molecule has 0 radical (unpaired) electrons. The highest BCUT2D eigenvalue weighted by Gasteiger charge is 2.21. The summed E-state index contributed by atoms with van der Waals surface area (Å²) >= 11 is 0. The molecule has 0 amide bonds. The van der Waals surface area contributed by atoms with Crippen molar-refractivity contribution in [1.29, 1.82) is 0 Å². The zero-order chi connectivity index (χ0) is 55.6. The molecule has 2 unspecified atom stereocenters. The number of carbonyl (C=O) groups is 2. The van der Waals surface area contributed by atoms with Gasteiger partial charge in [0.1, 0.15) is 19.8 Å². The van der Waals surface area contributed by atoms with Crippen molar-refractivity contribution in [3.63, 3.8) is 0 Å². The van der Waals surface area contributed by atoms with Crippen LogP contribution in [-0.2, 0) is 32.7 Å². The van der Waals surface area contributed by atoms with Gasteiger partial charge < -0.3 is 27.9 Å². The molecule has 0 aliphatic rings. The zero-order valence-electron chi connectivity index (χ0n) is 47.9. The second-order valence-corrected chi connectivity index (χ2v) is 20.6. The normalized spacial score (nSPS) is 14.7. The van der Waals surface area contributed by atoms with E-state index in [0.29, 0.717) is 30.3 Å². The molecule has 0 spiro atoms. The van der Waals surface area contributed by atoms with Crippen LogP contribution in [0.25, 0.3) is 0 Å². The highest BCUT2D eigenvalue weighted by Crippen LogP contribution is 2.38. The highest BCUT2D eigenvalue weighted by molar-refractivity contribution is 7.45. The molecule has 0 fully saturated rings. The third-order valence-corrected chi connectivity index (χ3v) is 11.9. The topological polar surface area (TPSA) is 111 Å². The average molecular weight is 1070 g/mol. The number of esters is 2. The molecule has 0 saturated carbocycles. The molecule has 424 valence electrons. The summed E-state index contributed by atoms with van der Waals surface area (Å²) in [4.78, 5) is 37.8. The minimum Gasteiger partial charge on any atom is -0.756 e. The van der Waals surface area contributed by atoms with Crippen LogP contribution in [0, 0.1) is 0 Å². The number of quaternary nitrogens is 1. The molecule has 2 atom stereocenters. The third kappa shape index (κ3) is 58.4. The summed E-state index contributed by atoms with van der Waals surface area (Å²) in [5.74, 6) is -0.953. The van der Waals surface area contributed by atoms with Gasteiger partial charge in [0.15, 0.2) is 6.10 Å². The Hall–Kier alpha value is -4.89. The van der Waals surface area contributed by atoms with E-state index in [9.17, 15) is 19.0 Å². The fourth-order valence-electron chi connectivity index (χ4n) is 6.60. The number of hydrogen-bond donors (Lipinski definition) is 0. The van der Waals surface area contributed by atoms with Gasteiger partial charge in [0, 0.05) is 12.8 Å². The van der Waals surface area contributed by atoms with Crippen molar-refractivity contribution < 1.29 is 42.1 Å². The lowest BCUT2D eigenvalue weighted by Crippen LogP contribution is -2.37. The van der Waals surface area contributed by atoms with Gasteiger partial charge in [-0.3, -0.25) is 14.2 Å². The van der Waals surface area contributed by atoms with Crippen LogP contribution in [0.15, 0.2) is 182 Å². The highest BCUT2D eigenvalue weighted by atomic mass is 31.2. The Balaban J connectivity index is 4.41. The number of phosphoric acid groups is 1. The van der Waals surface area contributed by atoms with E-state index in [1.165, 1.54) is 0 Å². The van der Waals surface area contributed by atoms with E-state index >= 15 is 0 Å².